The van der Waals surface area contributed by atoms with Crippen molar-refractivity contribution in [1.29, 1.82) is 0 Å². The molecule has 0 aliphatic carbocycles. The molecule has 3 rings (SSSR count). The molecule has 0 radical (unpaired) electrons. The Morgan fingerprint density at radius 2 is 1.96 bits per heavy atom. The van der Waals surface area contributed by atoms with Gasteiger partial charge in [0, 0.05) is 18.7 Å². The zero-order chi connectivity index (χ0) is 20.1. The minimum Gasteiger partial charge on any atom is -0.493 e. The van der Waals surface area contributed by atoms with E-state index < -0.39 is 0 Å². The average molecular weight is 382 g/mol. The lowest BCUT2D eigenvalue weighted by molar-refractivity contribution is 0.289. The molecule has 1 aromatic carbocycles. The van der Waals surface area contributed by atoms with Crippen molar-refractivity contribution in [2.75, 3.05) is 32.0 Å². The average Bonchev–Trinajstić information content (AvgIpc) is 3.09. The standard InChI is InChI=1S/C24H35N3O/c1-17(2)11-13-28-23-14-19(20-10-12-27(16-20)15-18(3)4)8-9-21(23)22-6-5-7-24(25)26-22/h5-9,14,17-18,20H,10-13,15-16H2,1-4H3,(H2,25,26). The van der Waals surface area contributed by atoms with Gasteiger partial charge in [-0.1, -0.05) is 39.8 Å². The first kappa shape index (κ1) is 20.7. The van der Waals surface area contributed by atoms with E-state index in [1.54, 1.807) is 0 Å². The molecule has 2 heterocycles. The number of nitrogens with two attached hydrogens (primary N) is 1. The van der Waals surface area contributed by atoms with Gasteiger partial charge in [0.1, 0.15) is 11.6 Å². The summed E-state index contributed by atoms with van der Waals surface area (Å²) in [5, 5.41) is 0. The Hall–Kier alpha value is -2.07. The first-order chi connectivity index (χ1) is 13.4. The number of rotatable bonds is 8. The Labute approximate surface area is 170 Å². The van der Waals surface area contributed by atoms with E-state index in [1.807, 2.05) is 18.2 Å². The second-order valence-corrected chi connectivity index (χ2v) is 8.87. The van der Waals surface area contributed by atoms with Crippen LogP contribution in [0.4, 0.5) is 5.82 Å². The second-order valence-electron chi connectivity index (χ2n) is 8.87. The summed E-state index contributed by atoms with van der Waals surface area (Å²) < 4.78 is 6.24. The van der Waals surface area contributed by atoms with E-state index in [-0.39, 0.29) is 0 Å². The smallest absolute Gasteiger partial charge is 0.128 e. The molecule has 1 fully saturated rings. The fourth-order valence-electron chi connectivity index (χ4n) is 3.92. The van der Waals surface area contributed by atoms with Crippen molar-refractivity contribution < 1.29 is 4.74 Å². The number of hydrogen-bond donors (Lipinski definition) is 1. The van der Waals surface area contributed by atoms with Crippen molar-refractivity contribution in [3.8, 4) is 17.0 Å². The lowest BCUT2D eigenvalue weighted by Crippen LogP contribution is -2.24. The monoisotopic (exact) mass is 381 g/mol. The van der Waals surface area contributed by atoms with E-state index in [2.05, 4.69) is 55.8 Å². The molecule has 0 bridgehead atoms. The van der Waals surface area contributed by atoms with Crippen LogP contribution in [0.1, 0.15) is 52.0 Å². The summed E-state index contributed by atoms with van der Waals surface area (Å²) in [5.74, 6) is 3.38. The van der Waals surface area contributed by atoms with Gasteiger partial charge in [-0.15, -0.1) is 0 Å². The van der Waals surface area contributed by atoms with Crippen LogP contribution in [-0.2, 0) is 0 Å². The minimum atomic E-state index is 0.537. The third-order valence-corrected chi connectivity index (χ3v) is 5.37. The summed E-state index contributed by atoms with van der Waals surface area (Å²) in [5.41, 5.74) is 9.19. The quantitative estimate of drug-likeness (QED) is 0.683. The van der Waals surface area contributed by atoms with E-state index in [4.69, 9.17) is 10.5 Å². The van der Waals surface area contributed by atoms with E-state index in [1.165, 1.54) is 25.1 Å². The van der Waals surface area contributed by atoms with Gasteiger partial charge in [-0.25, -0.2) is 4.98 Å². The van der Waals surface area contributed by atoms with Gasteiger partial charge in [0.15, 0.2) is 0 Å². The Morgan fingerprint density at radius 1 is 1.14 bits per heavy atom. The number of ether oxygens (including phenoxy) is 1. The van der Waals surface area contributed by atoms with Crippen LogP contribution in [0.3, 0.4) is 0 Å². The van der Waals surface area contributed by atoms with Crippen molar-refractivity contribution in [3.05, 3.63) is 42.0 Å². The van der Waals surface area contributed by atoms with Gasteiger partial charge in [-0.2, -0.15) is 0 Å². The van der Waals surface area contributed by atoms with Crippen molar-refractivity contribution in [2.24, 2.45) is 11.8 Å². The molecule has 1 aliphatic rings. The zero-order valence-electron chi connectivity index (χ0n) is 17.8. The van der Waals surface area contributed by atoms with Crippen LogP contribution < -0.4 is 10.5 Å². The molecular formula is C24H35N3O. The highest BCUT2D eigenvalue weighted by atomic mass is 16.5. The highest BCUT2D eigenvalue weighted by molar-refractivity contribution is 5.69. The van der Waals surface area contributed by atoms with Crippen LogP contribution in [0.15, 0.2) is 36.4 Å². The van der Waals surface area contributed by atoms with Gasteiger partial charge in [0.2, 0.25) is 0 Å². The molecule has 152 valence electrons. The van der Waals surface area contributed by atoms with Crippen molar-refractivity contribution >= 4 is 5.82 Å². The molecule has 2 N–H and O–H groups in total. The molecule has 0 spiro atoms. The molecule has 4 nitrogen and oxygen atoms in total. The normalized spacial score (nSPS) is 17.6. The van der Waals surface area contributed by atoms with Gasteiger partial charge in [0.25, 0.3) is 0 Å². The van der Waals surface area contributed by atoms with E-state index >= 15 is 0 Å². The molecule has 1 unspecified atom stereocenters. The molecule has 1 atom stereocenters. The fraction of sp³-hybridized carbons (Fsp3) is 0.542. The highest BCUT2D eigenvalue weighted by Gasteiger charge is 2.25. The number of nitrogens with zero attached hydrogens (tertiary/aromatic N) is 2. The molecule has 1 aliphatic heterocycles. The number of hydrogen-bond acceptors (Lipinski definition) is 4. The molecule has 1 saturated heterocycles. The van der Waals surface area contributed by atoms with Gasteiger partial charge in [0.05, 0.1) is 12.3 Å². The van der Waals surface area contributed by atoms with Crippen molar-refractivity contribution in [3.63, 3.8) is 0 Å². The van der Waals surface area contributed by atoms with Crippen molar-refractivity contribution in [1.82, 2.24) is 9.88 Å². The maximum Gasteiger partial charge on any atom is 0.128 e. The first-order valence-electron chi connectivity index (χ1n) is 10.6. The molecule has 0 saturated carbocycles. The molecule has 28 heavy (non-hydrogen) atoms. The van der Waals surface area contributed by atoms with Crippen LogP contribution in [0, 0.1) is 11.8 Å². The van der Waals surface area contributed by atoms with Crippen LogP contribution in [0.25, 0.3) is 11.3 Å². The summed E-state index contributed by atoms with van der Waals surface area (Å²) in [7, 11) is 0. The fourth-order valence-corrected chi connectivity index (χ4v) is 3.92. The number of anilines is 1. The van der Waals surface area contributed by atoms with Gasteiger partial charge in [-0.05, 0) is 67.0 Å². The van der Waals surface area contributed by atoms with Gasteiger partial charge < -0.3 is 15.4 Å². The minimum absolute atomic E-state index is 0.537. The number of nitrogen functional groups attached to an aromatic ring is 1. The third-order valence-electron chi connectivity index (χ3n) is 5.37. The summed E-state index contributed by atoms with van der Waals surface area (Å²) in [6.07, 6.45) is 2.26. The number of pyridine rings is 1. The van der Waals surface area contributed by atoms with E-state index in [0.29, 0.717) is 23.6 Å². The number of benzene rings is 1. The highest BCUT2D eigenvalue weighted by Crippen LogP contribution is 2.35. The first-order valence-corrected chi connectivity index (χ1v) is 10.6. The van der Waals surface area contributed by atoms with Gasteiger partial charge >= 0.3 is 0 Å². The van der Waals surface area contributed by atoms with E-state index in [0.717, 1.165) is 36.6 Å². The lowest BCUT2D eigenvalue weighted by Gasteiger charge is -2.19. The zero-order valence-corrected chi connectivity index (χ0v) is 17.8. The molecule has 1 aromatic heterocycles. The largest absolute Gasteiger partial charge is 0.493 e. The SMILES string of the molecule is CC(C)CCOc1cc(C2CCN(CC(C)C)C2)ccc1-c1cccc(N)n1. The van der Waals surface area contributed by atoms with Crippen molar-refractivity contribution in [2.45, 2.75) is 46.5 Å². The molecule has 2 aromatic rings. The van der Waals surface area contributed by atoms with E-state index in [9.17, 15) is 0 Å². The second kappa shape index (κ2) is 9.42. The Bertz CT molecular complexity index is 772. The topological polar surface area (TPSA) is 51.4 Å². The maximum absolute atomic E-state index is 6.24. The van der Waals surface area contributed by atoms with Crippen LogP contribution in [0.5, 0.6) is 5.75 Å². The summed E-state index contributed by atoms with van der Waals surface area (Å²) in [6, 6.07) is 12.4. The summed E-state index contributed by atoms with van der Waals surface area (Å²) in [6.45, 7) is 13.3. The lowest BCUT2D eigenvalue weighted by atomic mass is 9.96. The van der Waals surface area contributed by atoms with Crippen LogP contribution in [-0.4, -0.2) is 36.1 Å². The molecule has 4 heteroatoms. The van der Waals surface area contributed by atoms with Crippen LogP contribution in [0.2, 0.25) is 0 Å². The molecule has 0 amide bonds. The van der Waals surface area contributed by atoms with Crippen LogP contribution >= 0.6 is 0 Å². The maximum atomic E-state index is 6.24. The predicted octanol–water partition coefficient (Wildman–Crippen LogP) is 5.20. The predicted molar refractivity (Wildman–Crippen MR) is 118 cm³/mol. The number of aromatic nitrogens is 1. The Kier molecular flexibility index (Phi) is 6.95. The Morgan fingerprint density at radius 3 is 2.68 bits per heavy atom. The number of likely N-dealkylation sites (tertiary alicyclic amines) is 1. The third kappa shape index (κ3) is 5.48. The van der Waals surface area contributed by atoms with Gasteiger partial charge in [-0.3, -0.25) is 0 Å². The summed E-state index contributed by atoms with van der Waals surface area (Å²) in [4.78, 5) is 7.09. The summed E-state index contributed by atoms with van der Waals surface area (Å²) >= 11 is 0. The Balaban J connectivity index is 1.83. The molecular weight excluding hydrogens is 346 g/mol.